The van der Waals surface area contributed by atoms with E-state index >= 15 is 0 Å². The third kappa shape index (κ3) is 3.20. The van der Waals surface area contributed by atoms with Gasteiger partial charge in [-0.15, -0.1) is 0 Å². The number of likely N-dealkylation sites (tertiary alicyclic amines) is 1. The summed E-state index contributed by atoms with van der Waals surface area (Å²) in [6, 6.07) is 7.79. The van der Waals surface area contributed by atoms with Crippen molar-refractivity contribution in [3.05, 3.63) is 24.3 Å². The minimum Gasteiger partial charge on any atom is -0.495 e. The Balaban J connectivity index is 1.58. The predicted molar refractivity (Wildman–Crippen MR) is 87.7 cm³/mol. The molecule has 2 saturated heterocycles. The van der Waals surface area contributed by atoms with Gasteiger partial charge in [0, 0.05) is 39.0 Å². The van der Waals surface area contributed by atoms with Gasteiger partial charge in [0.1, 0.15) is 12.3 Å². The van der Waals surface area contributed by atoms with E-state index in [2.05, 4.69) is 4.90 Å². The second-order valence-electron chi connectivity index (χ2n) is 5.91. The molecule has 0 saturated carbocycles. The van der Waals surface area contributed by atoms with E-state index in [0.29, 0.717) is 26.2 Å². The number of para-hydroxylation sites is 2. The van der Waals surface area contributed by atoms with E-state index in [-0.39, 0.29) is 37.1 Å². The fourth-order valence-electron chi connectivity index (χ4n) is 3.12. The lowest BCUT2D eigenvalue weighted by Gasteiger charge is -2.37. The smallest absolute Gasteiger partial charge is 0.242 e. The zero-order valence-electron chi connectivity index (χ0n) is 13.7. The van der Waals surface area contributed by atoms with Crippen LogP contribution in [0.2, 0.25) is 0 Å². The predicted octanol–water partition coefficient (Wildman–Crippen LogP) is 0.493. The number of ether oxygens (including phenoxy) is 1. The molecule has 0 aromatic heterocycles. The van der Waals surface area contributed by atoms with Crippen LogP contribution < -0.4 is 9.64 Å². The van der Waals surface area contributed by atoms with Crippen LogP contribution in [-0.4, -0.2) is 67.4 Å². The van der Waals surface area contributed by atoms with Gasteiger partial charge >= 0.3 is 0 Å². The van der Waals surface area contributed by atoms with Gasteiger partial charge in [0.05, 0.1) is 12.8 Å². The number of methoxy groups -OCH3 is 1. The highest BCUT2D eigenvalue weighted by molar-refractivity contribution is 6.04. The first-order chi connectivity index (χ1) is 11.6. The summed E-state index contributed by atoms with van der Waals surface area (Å²) in [6.07, 6.45) is 0.432. The Morgan fingerprint density at radius 1 is 1.04 bits per heavy atom. The van der Waals surface area contributed by atoms with Gasteiger partial charge in [-0.2, -0.15) is 0 Å². The topological polar surface area (TPSA) is 70.2 Å². The summed E-state index contributed by atoms with van der Waals surface area (Å²) in [5.74, 6) is 0.144. The zero-order chi connectivity index (χ0) is 17.1. The molecule has 24 heavy (non-hydrogen) atoms. The van der Waals surface area contributed by atoms with Crippen LogP contribution in [0.15, 0.2) is 24.3 Å². The number of anilines is 1. The van der Waals surface area contributed by atoms with Gasteiger partial charge in [0.15, 0.2) is 0 Å². The summed E-state index contributed by atoms with van der Waals surface area (Å²) in [5.41, 5.74) is 1.01. The second kappa shape index (κ2) is 6.90. The van der Waals surface area contributed by atoms with Gasteiger partial charge in [0.25, 0.3) is 0 Å². The van der Waals surface area contributed by atoms with Crippen molar-refractivity contribution in [3.8, 4) is 5.75 Å². The third-order valence-corrected chi connectivity index (χ3v) is 4.51. The number of amides is 3. The molecular weight excluding hydrogens is 310 g/mol. The normalized spacial score (nSPS) is 18.3. The molecule has 0 N–H and O–H groups in total. The van der Waals surface area contributed by atoms with E-state index < -0.39 is 0 Å². The molecule has 2 aliphatic rings. The van der Waals surface area contributed by atoms with Crippen LogP contribution in [0.3, 0.4) is 0 Å². The van der Waals surface area contributed by atoms with Gasteiger partial charge < -0.3 is 14.5 Å². The molecule has 7 heteroatoms. The summed E-state index contributed by atoms with van der Waals surface area (Å²) in [4.78, 5) is 40.6. The molecule has 3 rings (SSSR count). The SMILES string of the molecule is COc1ccccc1N1CCN(C(=O)CN2C(=O)CCC2=O)CC1. The van der Waals surface area contributed by atoms with Crippen molar-refractivity contribution in [2.24, 2.45) is 0 Å². The molecule has 2 aliphatic heterocycles. The second-order valence-corrected chi connectivity index (χ2v) is 5.91. The summed E-state index contributed by atoms with van der Waals surface area (Å²) in [5, 5.41) is 0. The number of rotatable bonds is 4. The van der Waals surface area contributed by atoms with E-state index in [1.165, 1.54) is 0 Å². The van der Waals surface area contributed by atoms with Crippen molar-refractivity contribution in [1.29, 1.82) is 0 Å². The third-order valence-electron chi connectivity index (χ3n) is 4.51. The Bertz CT molecular complexity index is 637. The molecule has 3 amide bonds. The molecule has 0 spiro atoms. The molecule has 7 nitrogen and oxygen atoms in total. The van der Waals surface area contributed by atoms with Crippen molar-refractivity contribution in [3.63, 3.8) is 0 Å². The number of carbonyl (C=O) groups is 3. The lowest BCUT2D eigenvalue weighted by Crippen LogP contribution is -2.51. The number of imide groups is 1. The van der Waals surface area contributed by atoms with Gasteiger partial charge in [0.2, 0.25) is 17.7 Å². The molecule has 0 atom stereocenters. The molecule has 2 fully saturated rings. The average molecular weight is 331 g/mol. The maximum Gasteiger partial charge on any atom is 0.242 e. The summed E-state index contributed by atoms with van der Waals surface area (Å²) < 4.78 is 5.38. The van der Waals surface area contributed by atoms with Crippen LogP contribution in [0.4, 0.5) is 5.69 Å². The fourth-order valence-corrected chi connectivity index (χ4v) is 3.12. The maximum atomic E-state index is 12.3. The van der Waals surface area contributed by atoms with Crippen molar-refractivity contribution in [2.75, 3.05) is 44.7 Å². The number of piperazine rings is 1. The van der Waals surface area contributed by atoms with Crippen LogP contribution in [0.5, 0.6) is 5.75 Å². The van der Waals surface area contributed by atoms with Crippen molar-refractivity contribution in [1.82, 2.24) is 9.80 Å². The molecule has 128 valence electrons. The highest BCUT2D eigenvalue weighted by atomic mass is 16.5. The maximum absolute atomic E-state index is 12.3. The highest BCUT2D eigenvalue weighted by Gasteiger charge is 2.32. The first kappa shape index (κ1) is 16.3. The number of benzene rings is 1. The van der Waals surface area contributed by atoms with Crippen LogP contribution in [-0.2, 0) is 14.4 Å². The minimum atomic E-state index is -0.249. The minimum absolute atomic E-state index is 0.133. The highest BCUT2D eigenvalue weighted by Crippen LogP contribution is 2.28. The van der Waals surface area contributed by atoms with Gasteiger partial charge in [-0.1, -0.05) is 12.1 Å². The lowest BCUT2D eigenvalue weighted by atomic mass is 10.2. The van der Waals surface area contributed by atoms with Crippen LogP contribution in [0, 0.1) is 0 Å². The number of hydrogen-bond acceptors (Lipinski definition) is 5. The summed E-state index contributed by atoms with van der Waals surface area (Å²) in [7, 11) is 1.64. The molecule has 1 aromatic carbocycles. The average Bonchev–Trinajstić information content (AvgIpc) is 2.93. The van der Waals surface area contributed by atoms with E-state index in [9.17, 15) is 14.4 Å². The number of carbonyl (C=O) groups excluding carboxylic acids is 3. The molecule has 2 heterocycles. The van der Waals surface area contributed by atoms with Crippen molar-refractivity contribution in [2.45, 2.75) is 12.8 Å². The van der Waals surface area contributed by atoms with Crippen LogP contribution in [0.25, 0.3) is 0 Å². The number of nitrogens with zero attached hydrogens (tertiary/aromatic N) is 3. The van der Waals surface area contributed by atoms with Crippen LogP contribution in [0.1, 0.15) is 12.8 Å². The Morgan fingerprint density at radius 3 is 2.29 bits per heavy atom. The van der Waals surface area contributed by atoms with E-state index in [0.717, 1.165) is 16.3 Å². The molecule has 0 bridgehead atoms. The Hall–Kier alpha value is -2.57. The Morgan fingerprint density at radius 2 is 1.67 bits per heavy atom. The molecule has 0 aliphatic carbocycles. The summed E-state index contributed by atoms with van der Waals surface area (Å²) >= 11 is 0. The van der Waals surface area contributed by atoms with E-state index in [1.54, 1.807) is 12.0 Å². The summed E-state index contributed by atoms with van der Waals surface area (Å²) in [6.45, 7) is 2.37. The van der Waals surface area contributed by atoms with Gasteiger partial charge in [-0.05, 0) is 12.1 Å². The molecular formula is C17H21N3O4. The van der Waals surface area contributed by atoms with E-state index in [1.807, 2.05) is 24.3 Å². The van der Waals surface area contributed by atoms with Crippen molar-refractivity contribution >= 4 is 23.4 Å². The fraction of sp³-hybridized carbons (Fsp3) is 0.471. The van der Waals surface area contributed by atoms with Crippen molar-refractivity contribution < 1.29 is 19.1 Å². The molecule has 1 aromatic rings. The van der Waals surface area contributed by atoms with E-state index in [4.69, 9.17) is 4.74 Å². The quantitative estimate of drug-likeness (QED) is 0.751. The molecule has 0 unspecified atom stereocenters. The Kier molecular flexibility index (Phi) is 4.69. The lowest BCUT2D eigenvalue weighted by molar-refractivity contribution is -0.145. The Labute approximate surface area is 140 Å². The first-order valence-corrected chi connectivity index (χ1v) is 8.09. The monoisotopic (exact) mass is 331 g/mol. The standard InChI is InChI=1S/C17H21N3O4/c1-24-14-5-3-2-4-13(14)18-8-10-19(11-9-18)17(23)12-20-15(21)6-7-16(20)22/h2-5H,6-12H2,1H3. The zero-order valence-corrected chi connectivity index (χ0v) is 13.7. The number of hydrogen-bond donors (Lipinski definition) is 0. The first-order valence-electron chi connectivity index (χ1n) is 8.09. The van der Waals surface area contributed by atoms with Gasteiger partial charge in [-0.25, -0.2) is 0 Å². The largest absolute Gasteiger partial charge is 0.495 e. The van der Waals surface area contributed by atoms with Crippen LogP contribution >= 0.6 is 0 Å². The van der Waals surface area contributed by atoms with Gasteiger partial charge in [-0.3, -0.25) is 19.3 Å². The molecule has 0 radical (unpaired) electrons.